The van der Waals surface area contributed by atoms with Gasteiger partial charge in [-0.25, -0.2) is 5.10 Å². The van der Waals surface area contributed by atoms with Gasteiger partial charge in [-0.2, -0.15) is 0 Å². The van der Waals surface area contributed by atoms with Crippen molar-refractivity contribution in [2.45, 2.75) is 6.92 Å². The summed E-state index contributed by atoms with van der Waals surface area (Å²) in [6.07, 6.45) is 0. The number of nitrogens with zero attached hydrogens (tertiary/aromatic N) is 3. The Hall–Kier alpha value is -1.01. The molecule has 0 amide bonds. The third-order valence-corrected chi connectivity index (χ3v) is 1.41. The summed E-state index contributed by atoms with van der Waals surface area (Å²) >= 11 is 0. The summed E-state index contributed by atoms with van der Waals surface area (Å²) in [5, 5.41) is 19.1. The number of tetrazole rings is 1. The molecular formula is C6H14N6. The first-order valence-electron chi connectivity index (χ1n) is 4.01. The molecule has 68 valence electrons. The molecule has 0 aliphatic carbocycles. The minimum atomic E-state index is 0.745. The molecule has 1 aliphatic heterocycles. The molecule has 12 heavy (non-hydrogen) atoms. The zero-order chi connectivity index (χ0) is 8.65. The summed E-state index contributed by atoms with van der Waals surface area (Å²) < 4.78 is 0. The average Bonchev–Trinajstić information content (AvgIpc) is 2.60. The molecule has 0 spiro atoms. The molecule has 6 heteroatoms. The second-order valence-corrected chi connectivity index (χ2v) is 2.49. The maximum Gasteiger partial charge on any atom is 0.145 e. The van der Waals surface area contributed by atoms with Crippen molar-refractivity contribution in [3.05, 3.63) is 5.82 Å². The van der Waals surface area contributed by atoms with E-state index < -0.39 is 0 Å². The highest BCUT2D eigenvalue weighted by atomic mass is 15.5. The molecule has 1 aliphatic rings. The largest absolute Gasteiger partial charge is 0.314 e. The van der Waals surface area contributed by atoms with Crippen LogP contribution in [0.2, 0.25) is 0 Å². The van der Waals surface area contributed by atoms with Crippen molar-refractivity contribution in [1.29, 1.82) is 0 Å². The van der Waals surface area contributed by atoms with Gasteiger partial charge >= 0.3 is 0 Å². The quantitative estimate of drug-likeness (QED) is 0.450. The summed E-state index contributed by atoms with van der Waals surface area (Å²) in [5.41, 5.74) is 0. The molecule has 3 N–H and O–H groups in total. The first-order valence-corrected chi connectivity index (χ1v) is 4.01. The van der Waals surface area contributed by atoms with E-state index in [1.54, 1.807) is 6.92 Å². The van der Waals surface area contributed by atoms with Gasteiger partial charge in [-0.3, -0.25) is 0 Å². The fraction of sp³-hybridized carbons (Fsp3) is 0.833. The van der Waals surface area contributed by atoms with Crippen molar-refractivity contribution < 1.29 is 0 Å². The molecule has 0 radical (unpaired) electrons. The van der Waals surface area contributed by atoms with E-state index >= 15 is 0 Å². The highest BCUT2D eigenvalue weighted by molar-refractivity contribution is 4.63. The molecule has 1 aromatic heterocycles. The number of aromatic amines is 1. The zero-order valence-electron chi connectivity index (χ0n) is 7.17. The number of nitrogens with one attached hydrogen (secondary N) is 3. The number of hydrogen-bond donors (Lipinski definition) is 3. The average molecular weight is 170 g/mol. The lowest BCUT2D eigenvalue weighted by Gasteiger charge is -2.11. The number of H-pyrrole nitrogens is 1. The van der Waals surface area contributed by atoms with E-state index in [9.17, 15) is 0 Å². The van der Waals surface area contributed by atoms with Crippen LogP contribution in [0.25, 0.3) is 0 Å². The number of hydrogen-bond acceptors (Lipinski definition) is 5. The predicted octanol–water partition coefficient (Wildman–Crippen LogP) is -1.31. The first-order chi connectivity index (χ1) is 5.89. The number of rotatable bonds is 0. The fourth-order valence-electron chi connectivity index (χ4n) is 0.810. The van der Waals surface area contributed by atoms with Gasteiger partial charge in [0.2, 0.25) is 0 Å². The molecule has 1 aromatic rings. The van der Waals surface area contributed by atoms with Crippen LogP contribution in [0, 0.1) is 6.92 Å². The van der Waals surface area contributed by atoms with Gasteiger partial charge in [0, 0.05) is 26.2 Å². The van der Waals surface area contributed by atoms with Crippen molar-refractivity contribution in [2.24, 2.45) is 0 Å². The minimum Gasteiger partial charge on any atom is -0.314 e. The van der Waals surface area contributed by atoms with Gasteiger partial charge in [0.05, 0.1) is 0 Å². The normalized spacial score (nSPS) is 16.4. The van der Waals surface area contributed by atoms with E-state index in [2.05, 4.69) is 31.3 Å². The highest BCUT2D eigenvalue weighted by Gasteiger charge is 1.91. The Morgan fingerprint density at radius 2 is 1.67 bits per heavy atom. The Labute approximate surface area is 71.1 Å². The second kappa shape index (κ2) is 5.62. The molecule has 0 atom stereocenters. The van der Waals surface area contributed by atoms with Crippen molar-refractivity contribution in [3.63, 3.8) is 0 Å². The zero-order valence-corrected chi connectivity index (χ0v) is 7.17. The summed E-state index contributed by atoms with van der Waals surface area (Å²) in [6.45, 7) is 6.35. The molecule has 1 fully saturated rings. The Kier molecular flexibility index (Phi) is 4.25. The van der Waals surface area contributed by atoms with Gasteiger partial charge < -0.3 is 10.6 Å². The van der Waals surface area contributed by atoms with E-state index in [-0.39, 0.29) is 0 Å². The topological polar surface area (TPSA) is 78.5 Å². The number of piperazine rings is 1. The van der Waals surface area contributed by atoms with Crippen molar-refractivity contribution in [1.82, 2.24) is 31.3 Å². The van der Waals surface area contributed by atoms with Crippen LogP contribution in [-0.4, -0.2) is 46.8 Å². The first kappa shape index (κ1) is 9.08. The van der Waals surface area contributed by atoms with E-state index in [1.165, 1.54) is 0 Å². The lowest BCUT2D eigenvalue weighted by Crippen LogP contribution is -2.39. The lowest BCUT2D eigenvalue weighted by atomic mass is 10.4. The maximum atomic E-state index is 3.50. The van der Waals surface area contributed by atoms with Gasteiger partial charge in [-0.1, -0.05) is 0 Å². The number of aryl methyl sites for hydroxylation is 1. The summed E-state index contributed by atoms with van der Waals surface area (Å²) in [7, 11) is 0. The summed E-state index contributed by atoms with van der Waals surface area (Å²) in [5.74, 6) is 0.745. The lowest BCUT2D eigenvalue weighted by molar-refractivity contribution is 0.534. The molecule has 0 unspecified atom stereocenters. The Morgan fingerprint density at radius 1 is 1.08 bits per heavy atom. The third-order valence-electron chi connectivity index (χ3n) is 1.41. The minimum absolute atomic E-state index is 0.745. The van der Waals surface area contributed by atoms with Crippen LogP contribution in [0.5, 0.6) is 0 Å². The van der Waals surface area contributed by atoms with E-state index in [4.69, 9.17) is 0 Å². The SMILES string of the molecule is C1CNCCN1.Cc1nnn[nH]1. The molecule has 2 rings (SSSR count). The van der Waals surface area contributed by atoms with E-state index in [1.807, 2.05) is 0 Å². The molecule has 0 saturated carbocycles. The van der Waals surface area contributed by atoms with Crippen LogP contribution in [0.1, 0.15) is 5.82 Å². The van der Waals surface area contributed by atoms with E-state index in [0.29, 0.717) is 0 Å². The number of aromatic nitrogens is 4. The van der Waals surface area contributed by atoms with Crippen LogP contribution in [0.3, 0.4) is 0 Å². The van der Waals surface area contributed by atoms with Crippen LogP contribution in [-0.2, 0) is 0 Å². The van der Waals surface area contributed by atoms with Crippen LogP contribution >= 0.6 is 0 Å². The van der Waals surface area contributed by atoms with Crippen LogP contribution in [0.4, 0.5) is 0 Å². The molecule has 1 saturated heterocycles. The molecule has 0 aromatic carbocycles. The maximum absolute atomic E-state index is 3.50. The smallest absolute Gasteiger partial charge is 0.145 e. The fourth-order valence-corrected chi connectivity index (χ4v) is 0.810. The van der Waals surface area contributed by atoms with Crippen LogP contribution in [0.15, 0.2) is 0 Å². The Balaban J connectivity index is 0.000000120. The van der Waals surface area contributed by atoms with Gasteiger partial charge in [-0.05, 0) is 17.4 Å². The Bertz CT molecular complexity index is 168. The standard InChI is InChI=1S/C4H10N2.C2H4N4/c1-2-6-4-3-5-1;1-2-3-5-6-4-2/h5-6H,1-4H2;1H3,(H,3,4,5,6). The Morgan fingerprint density at radius 3 is 1.83 bits per heavy atom. The van der Waals surface area contributed by atoms with Gasteiger partial charge in [0.25, 0.3) is 0 Å². The second-order valence-electron chi connectivity index (χ2n) is 2.49. The molecular weight excluding hydrogens is 156 g/mol. The predicted molar refractivity (Wildman–Crippen MR) is 44.7 cm³/mol. The highest BCUT2D eigenvalue weighted by Crippen LogP contribution is 1.69. The summed E-state index contributed by atoms with van der Waals surface area (Å²) in [6, 6.07) is 0. The van der Waals surface area contributed by atoms with Crippen LogP contribution < -0.4 is 10.6 Å². The summed E-state index contributed by atoms with van der Waals surface area (Å²) in [4.78, 5) is 0. The molecule has 0 bridgehead atoms. The van der Waals surface area contributed by atoms with Gasteiger partial charge in [0.1, 0.15) is 5.82 Å². The molecule has 6 nitrogen and oxygen atoms in total. The van der Waals surface area contributed by atoms with Crippen molar-refractivity contribution >= 4 is 0 Å². The van der Waals surface area contributed by atoms with Crippen molar-refractivity contribution in [3.8, 4) is 0 Å². The molecule has 2 heterocycles. The van der Waals surface area contributed by atoms with Gasteiger partial charge in [0.15, 0.2) is 0 Å². The third kappa shape index (κ3) is 3.99. The monoisotopic (exact) mass is 170 g/mol. The van der Waals surface area contributed by atoms with Crippen molar-refractivity contribution in [2.75, 3.05) is 26.2 Å². The van der Waals surface area contributed by atoms with E-state index in [0.717, 1.165) is 32.0 Å². The van der Waals surface area contributed by atoms with Gasteiger partial charge in [-0.15, -0.1) is 5.10 Å².